The lowest BCUT2D eigenvalue weighted by Crippen LogP contribution is -2.18. The number of ketones is 1. The summed E-state index contributed by atoms with van der Waals surface area (Å²) in [5.74, 6) is 2.11. The molecule has 2 aliphatic rings. The zero-order valence-electron chi connectivity index (χ0n) is 9.32. The van der Waals surface area contributed by atoms with E-state index in [4.69, 9.17) is 4.42 Å². The number of carbonyl (C=O) groups is 1. The molecule has 1 aromatic rings. The van der Waals surface area contributed by atoms with Crippen LogP contribution in [-0.4, -0.2) is 5.78 Å². The summed E-state index contributed by atoms with van der Waals surface area (Å²) in [5, 5.41) is 0. The molecule has 2 saturated carbocycles. The molecule has 0 spiro atoms. The Morgan fingerprint density at radius 1 is 1.31 bits per heavy atom. The topological polar surface area (TPSA) is 30.2 Å². The van der Waals surface area contributed by atoms with Crippen LogP contribution in [0.4, 0.5) is 0 Å². The molecule has 84 valence electrons. The van der Waals surface area contributed by atoms with Gasteiger partial charge in [-0.2, -0.15) is 0 Å². The van der Waals surface area contributed by atoms with E-state index in [1.807, 2.05) is 18.2 Å². The van der Waals surface area contributed by atoms with E-state index in [-0.39, 0.29) is 0 Å². The van der Waals surface area contributed by atoms with Gasteiger partial charge >= 0.3 is 0 Å². The van der Waals surface area contributed by atoms with Gasteiger partial charge in [-0.25, -0.2) is 0 Å². The van der Waals surface area contributed by atoms with E-state index in [1.54, 1.807) is 6.26 Å². The van der Waals surface area contributed by atoms with Crippen LogP contribution in [0.3, 0.4) is 0 Å². The lowest BCUT2D eigenvalue weighted by Gasteiger charge is -2.22. The van der Waals surface area contributed by atoms with E-state index in [0.29, 0.717) is 17.6 Å². The first-order valence-electron chi connectivity index (χ1n) is 6.13. The minimum atomic E-state index is 0.315. The van der Waals surface area contributed by atoms with Crippen LogP contribution in [0.2, 0.25) is 0 Å². The number of carbonyl (C=O) groups excluding carboxylic acids is 1. The zero-order chi connectivity index (χ0) is 11.0. The molecule has 0 radical (unpaired) electrons. The zero-order valence-corrected chi connectivity index (χ0v) is 9.32. The van der Waals surface area contributed by atoms with Gasteiger partial charge in [0.2, 0.25) is 0 Å². The highest BCUT2D eigenvalue weighted by atomic mass is 16.3. The predicted molar refractivity (Wildman–Crippen MR) is 61.8 cm³/mol. The second-order valence-corrected chi connectivity index (χ2v) is 4.90. The molecule has 0 unspecified atom stereocenters. The van der Waals surface area contributed by atoms with Gasteiger partial charge in [0.1, 0.15) is 5.76 Å². The smallest absolute Gasteiger partial charge is 0.162 e. The van der Waals surface area contributed by atoms with Crippen molar-refractivity contribution in [3.63, 3.8) is 0 Å². The third-order valence-electron chi connectivity index (χ3n) is 3.90. The SMILES string of the molecule is O=C1/C(=C/c2ccco2)C[C@H]2CCCC[C@H]12. The fourth-order valence-electron chi connectivity index (χ4n) is 3.09. The van der Waals surface area contributed by atoms with Crippen LogP contribution in [0.25, 0.3) is 6.08 Å². The summed E-state index contributed by atoms with van der Waals surface area (Å²) in [4.78, 5) is 12.2. The molecule has 2 heteroatoms. The second-order valence-electron chi connectivity index (χ2n) is 4.90. The van der Waals surface area contributed by atoms with Crippen LogP contribution < -0.4 is 0 Å². The van der Waals surface area contributed by atoms with Crippen molar-refractivity contribution in [2.24, 2.45) is 11.8 Å². The highest BCUT2D eigenvalue weighted by Crippen LogP contribution is 2.42. The quantitative estimate of drug-likeness (QED) is 0.673. The number of furan rings is 1. The van der Waals surface area contributed by atoms with Gasteiger partial charge in [-0.05, 0) is 49.0 Å². The third-order valence-corrected chi connectivity index (χ3v) is 3.90. The average molecular weight is 216 g/mol. The van der Waals surface area contributed by atoms with Crippen LogP contribution in [0, 0.1) is 11.8 Å². The van der Waals surface area contributed by atoms with Crippen molar-refractivity contribution in [1.82, 2.24) is 0 Å². The van der Waals surface area contributed by atoms with Gasteiger partial charge in [-0.1, -0.05) is 12.8 Å². The molecule has 1 aromatic heterocycles. The summed E-state index contributed by atoms with van der Waals surface area (Å²) >= 11 is 0. The second kappa shape index (κ2) is 3.93. The van der Waals surface area contributed by atoms with E-state index in [0.717, 1.165) is 24.2 Å². The Bertz CT molecular complexity index is 414. The molecule has 0 N–H and O–H groups in total. The largest absolute Gasteiger partial charge is 0.465 e. The Morgan fingerprint density at radius 3 is 2.94 bits per heavy atom. The van der Waals surface area contributed by atoms with Gasteiger partial charge < -0.3 is 4.42 Å². The summed E-state index contributed by atoms with van der Waals surface area (Å²) < 4.78 is 5.27. The van der Waals surface area contributed by atoms with Crippen molar-refractivity contribution in [2.75, 3.05) is 0 Å². The van der Waals surface area contributed by atoms with Gasteiger partial charge in [0, 0.05) is 5.92 Å². The maximum absolute atomic E-state index is 12.2. The summed E-state index contributed by atoms with van der Waals surface area (Å²) in [6.07, 6.45) is 9.39. The number of fused-ring (bicyclic) bond motifs is 1. The average Bonchev–Trinajstić information content (AvgIpc) is 2.90. The lowest BCUT2D eigenvalue weighted by atomic mass is 9.81. The maximum Gasteiger partial charge on any atom is 0.162 e. The molecule has 3 rings (SSSR count). The molecule has 1 heterocycles. The molecule has 2 atom stereocenters. The number of hydrogen-bond acceptors (Lipinski definition) is 2. The molecule has 0 saturated heterocycles. The Morgan fingerprint density at radius 2 is 2.19 bits per heavy atom. The van der Waals surface area contributed by atoms with Gasteiger partial charge in [0.25, 0.3) is 0 Å². The molecule has 2 fully saturated rings. The molecular formula is C14H16O2. The number of allylic oxidation sites excluding steroid dienone is 1. The molecule has 2 nitrogen and oxygen atoms in total. The van der Waals surface area contributed by atoms with Crippen LogP contribution in [-0.2, 0) is 4.79 Å². The number of hydrogen-bond donors (Lipinski definition) is 0. The van der Waals surface area contributed by atoms with Crippen LogP contribution in [0.5, 0.6) is 0 Å². The van der Waals surface area contributed by atoms with Gasteiger partial charge in [0.05, 0.1) is 6.26 Å². The highest BCUT2D eigenvalue weighted by molar-refractivity contribution is 6.03. The Kier molecular flexibility index (Phi) is 2.43. The molecular weight excluding hydrogens is 200 g/mol. The standard InChI is InChI=1S/C14H16O2/c15-14-11(9-12-5-3-7-16-12)8-10-4-1-2-6-13(10)14/h3,5,7,9-10,13H,1-2,4,6,8H2/b11-9+/t10-,13+/m1/s1. The van der Waals surface area contributed by atoms with E-state index < -0.39 is 0 Å². The van der Waals surface area contributed by atoms with Gasteiger partial charge in [-0.15, -0.1) is 0 Å². The Balaban J connectivity index is 1.85. The molecule has 0 aliphatic heterocycles. The van der Waals surface area contributed by atoms with Crippen LogP contribution in [0.1, 0.15) is 37.9 Å². The van der Waals surface area contributed by atoms with Crippen LogP contribution >= 0.6 is 0 Å². The van der Waals surface area contributed by atoms with Crippen molar-refractivity contribution in [3.05, 3.63) is 29.7 Å². The molecule has 0 aromatic carbocycles. The molecule has 0 amide bonds. The van der Waals surface area contributed by atoms with Crippen molar-refractivity contribution < 1.29 is 9.21 Å². The van der Waals surface area contributed by atoms with E-state index in [9.17, 15) is 4.79 Å². The predicted octanol–water partition coefficient (Wildman–Crippen LogP) is 3.44. The number of rotatable bonds is 1. The molecule has 0 bridgehead atoms. The minimum Gasteiger partial charge on any atom is -0.465 e. The fourth-order valence-corrected chi connectivity index (χ4v) is 3.09. The van der Waals surface area contributed by atoms with E-state index in [1.165, 1.54) is 19.3 Å². The maximum atomic E-state index is 12.2. The van der Waals surface area contributed by atoms with E-state index in [2.05, 4.69) is 0 Å². The molecule has 2 aliphatic carbocycles. The molecule has 16 heavy (non-hydrogen) atoms. The third kappa shape index (κ3) is 1.62. The summed E-state index contributed by atoms with van der Waals surface area (Å²) in [5.41, 5.74) is 0.979. The first-order chi connectivity index (χ1) is 7.84. The first-order valence-corrected chi connectivity index (χ1v) is 6.13. The fraction of sp³-hybridized carbons (Fsp3) is 0.500. The van der Waals surface area contributed by atoms with Gasteiger partial charge in [-0.3, -0.25) is 4.79 Å². The summed E-state index contributed by atoms with van der Waals surface area (Å²) in [6, 6.07) is 3.77. The summed E-state index contributed by atoms with van der Waals surface area (Å²) in [7, 11) is 0. The monoisotopic (exact) mass is 216 g/mol. The Hall–Kier alpha value is -1.31. The summed E-state index contributed by atoms with van der Waals surface area (Å²) in [6.45, 7) is 0. The first kappa shape index (κ1) is 9.88. The van der Waals surface area contributed by atoms with Crippen molar-refractivity contribution in [3.8, 4) is 0 Å². The minimum absolute atomic E-state index is 0.315. The van der Waals surface area contributed by atoms with E-state index >= 15 is 0 Å². The lowest BCUT2D eigenvalue weighted by molar-refractivity contribution is -0.119. The van der Waals surface area contributed by atoms with Crippen molar-refractivity contribution in [2.45, 2.75) is 32.1 Å². The number of Topliss-reactive ketones (excluding diaryl/α,β-unsaturated/α-hetero) is 1. The van der Waals surface area contributed by atoms with Crippen molar-refractivity contribution >= 4 is 11.9 Å². The Labute approximate surface area is 95.3 Å². The van der Waals surface area contributed by atoms with Crippen molar-refractivity contribution in [1.29, 1.82) is 0 Å². The van der Waals surface area contributed by atoms with Crippen LogP contribution in [0.15, 0.2) is 28.4 Å². The van der Waals surface area contributed by atoms with Gasteiger partial charge in [0.15, 0.2) is 5.78 Å². The highest BCUT2D eigenvalue weighted by Gasteiger charge is 2.39. The normalized spacial score (nSPS) is 32.0.